The molecule has 0 unspecified atom stereocenters. The maximum Gasteiger partial charge on any atom is 0.416 e. The number of fused-ring (bicyclic) bond motifs is 1. The van der Waals surface area contributed by atoms with Crippen LogP contribution < -0.4 is 0 Å². The standard InChI is InChI=1S/C27H30F3N3O2Si/c1-36(2,3)13-12-35-18-33-25(21-8-4-20(16-34)5-9-21)15-23-24(31-17-32-26(23)33)14-19-6-10-22(11-7-19)27(28,29)30/h4-11,15,17,34H,12-14,16,18H2,1-3H3. The Hall–Kier alpha value is -3.01. The maximum absolute atomic E-state index is 13.0. The lowest BCUT2D eigenvalue weighted by Gasteiger charge is -2.16. The molecule has 5 nitrogen and oxygen atoms in total. The monoisotopic (exact) mass is 513 g/mol. The van der Waals surface area contributed by atoms with E-state index in [0.29, 0.717) is 25.4 Å². The molecule has 0 saturated heterocycles. The molecular formula is C27H30F3N3O2Si. The smallest absolute Gasteiger partial charge is 0.392 e. The Labute approximate surface area is 209 Å². The molecule has 0 saturated carbocycles. The Morgan fingerprint density at radius 1 is 0.944 bits per heavy atom. The summed E-state index contributed by atoms with van der Waals surface area (Å²) < 4.78 is 46.9. The van der Waals surface area contributed by atoms with Crippen LogP contribution in [0.2, 0.25) is 25.7 Å². The molecule has 0 spiro atoms. The first-order valence-electron chi connectivity index (χ1n) is 11.8. The number of rotatable bonds is 9. The molecule has 0 fully saturated rings. The molecule has 0 aliphatic rings. The SMILES string of the molecule is C[Si](C)(C)CCOCn1c(-c2ccc(CO)cc2)cc2c(Cc3ccc(C(F)(F)F)cc3)ncnc21. The van der Waals surface area contributed by atoms with Crippen molar-refractivity contribution in [2.24, 2.45) is 0 Å². The van der Waals surface area contributed by atoms with Crippen molar-refractivity contribution in [3.05, 3.63) is 83.3 Å². The van der Waals surface area contributed by atoms with Crippen molar-refractivity contribution >= 4 is 19.1 Å². The van der Waals surface area contributed by atoms with Crippen LogP contribution in [0.4, 0.5) is 13.2 Å². The largest absolute Gasteiger partial charge is 0.416 e. The van der Waals surface area contributed by atoms with Crippen molar-refractivity contribution in [3.63, 3.8) is 0 Å². The fourth-order valence-corrected chi connectivity index (χ4v) is 4.70. The highest BCUT2D eigenvalue weighted by Crippen LogP contribution is 2.32. The lowest BCUT2D eigenvalue weighted by Crippen LogP contribution is -2.22. The summed E-state index contributed by atoms with van der Waals surface area (Å²) in [5, 5.41) is 10.2. The summed E-state index contributed by atoms with van der Waals surface area (Å²) in [6.07, 6.45) is -2.51. The van der Waals surface area contributed by atoms with Crippen molar-refractivity contribution < 1.29 is 23.0 Å². The molecule has 1 N–H and O–H groups in total. The number of benzene rings is 2. The third-order valence-corrected chi connectivity index (χ3v) is 7.78. The van der Waals surface area contributed by atoms with Gasteiger partial charge in [-0.25, -0.2) is 9.97 Å². The van der Waals surface area contributed by atoms with Gasteiger partial charge in [0.2, 0.25) is 0 Å². The Morgan fingerprint density at radius 2 is 1.61 bits per heavy atom. The predicted octanol–water partition coefficient (Wildman–Crippen LogP) is 6.51. The Balaban J connectivity index is 1.69. The van der Waals surface area contributed by atoms with Crippen LogP contribution in [-0.2, 0) is 30.7 Å². The minimum absolute atomic E-state index is 0.0359. The molecule has 2 aromatic heterocycles. The molecule has 4 aromatic rings. The summed E-state index contributed by atoms with van der Waals surface area (Å²) in [5.74, 6) is 0. The second-order valence-electron chi connectivity index (χ2n) is 10.1. The lowest BCUT2D eigenvalue weighted by molar-refractivity contribution is -0.137. The van der Waals surface area contributed by atoms with Gasteiger partial charge in [-0.05, 0) is 40.9 Å². The van der Waals surface area contributed by atoms with E-state index >= 15 is 0 Å². The third kappa shape index (κ3) is 6.21. The highest BCUT2D eigenvalue weighted by atomic mass is 28.3. The molecular weight excluding hydrogens is 483 g/mol. The Kier molecular flexibility index (Phi) is 7.63. The van der Waals surface area contributed by atoms with Gasteiger partial charge in [-0.3, -0.25) is 0 Å². The highest BCUT2D eigenvalue weighted by molar-refractivity contribution is 6.76. The molecule has 36 heavy (non-hydrogen) atoms. The summed E-state index contributed by atoms with van der Waals surface area (Å²) in [6, 6.07) is 15.9. The van der Waals surface area contributed by atoms with E-state index in [0.717, 1.165) is 51.6 Å². The molecule has 0 amide bonds. The van der Waals surface area contributed by atoms with E-state index in [1.807, 2.05) is 34.9 Å². The van der Waals surface area contributed by atoms with E-state index in [4.69, 9.17) is 4.74 Å². The molecule has 0 radical (unpaired) electrons. The predicted molar refractivity (Wildman–Crippen MR) is 137 cm³/mol. The van der Waals surface area contributed by atoms with Crippen LogP contribution >= 0.6 is 0 Å². The van der Waals surface area contributed by atoms with E-state index in [1.54, 1.807) is 0 Å². The number of halogens is 3. The molecule has 0 bridgehead atoms. The van der Waals surface area contributed by atoms with E-state index in [-0.39, 0.29) is 6.61 Å². The zero-order valence-corrected chi connectivity index (χ0v) is 21.6. The molecule has 0 aliphatic heterocycles. The van der Waals surface area contributed by atoms with Crippen LogP contribution in [0, 0.1) is 0 Å². The maximum atomic E-state index is 13.0. The topological polar surface area (TPSA) is 60.2 Å². The first-order chi connectivity index (χ1) is 17.0. The summed E-state index contributed by atoms with van der Waals surface area (Å²) in [4.78, 5) is 8.99. The van der Waals surface area contributed by atoms with Crippen LogP contribution in [0.25, 0.3) is 22.3 Å². The van der Waals surface area contributed by atoms with Gasteiger partial charge in [0, 0.05) is 26.5 Å². The minimum atomic E-state index is -4.37. The van der Waals surface area contributed by atoms with E-state index in [2.05, 4.69) is 29.6 Å². The lowest BCUT2D eigenvalue weighted by atomic mass is 10.0. The first kappa shape index (κ1) is 26.1. The quantitative estimate of drug-likeness (QED) is 0.205. The van der Waals surface area contributed by atoms with Gasteiger partial charge in [0.25, 0.3) is 0 Å². The normalized spacial score (nSPS) is 12.4. The van der Waals surface area contributed by atoms with Crippen molar-refractivity contribution in [3.8, 4) is 11.3 Å². The van der Waals surface area contributed by atoms with Gasteiger partial charge < -0.3 is 14.4 Å². The molecule has 190 valence electrons. The molecule has 9 heteroatoms. The van der Waals surface area contributed by atoms with Crippen molar-refractivity contribution in [1.82, 2.24) is 14.5 Å². The number of nitrogens with zero attached hydrogens (tertiary/aromatic N) is 3. The second-order valence-corrected chi connectivity index (χ2v) is 15.7. The zero-order chi connectivity index (χ0) is 25.9. The molecule has 2 heterocycles. The van der Waals surface area contributed by atoms with Gasteiger partial charge in [-0.15, -0.1) is 0 Å². The van der Waals surface area contributed by atoms with Crippen molar-refractivity contribution in [2.75, 3.05) is 6.61 Å². The number of aliphatic hydroxyl groups is 1. The zero-order valence-electron chi connectivity index (χ0n) is 20.6. The first-order valence-corrected chi connectivity index (χ1v) is 15.5. The average Bonchev–Trinajstić information content (AvgIpc) is 3.20. The van der Waals surface area contributed by atoms with E-state index in [1.165, 1.54) is 18.5 Å². The molecule has 2 aromatic carbocycles. The van der Waals surface area contributed by atoms with Gasteiger partial charge in [-0.1, -0.05) is 56.0 Å². The van der Waals surface area contributed by atoms with Gasteiger partial charge in [0.05, 0.1) is 23.6 Å². The highest BCUT2D eigenvalue weighted by Gasteiger charge is 2.30. The number of aromatic nitrogens is 3. The van der Waals surface area contributed by atoms with Gasteiger partial charge in [-0.2, -0.15) is 13.2 Å². The molecule has 4 rings (SSSR count). The third-order valence-electron chi connectivity index (χ3n) is 6.07. The summed E-state index contributed by atoms with van der Waals surface area (Å²) in [6.45, 7) is 7.85. The summed E-state index contributed by atoms with van der Waals surface area (Å²) in [5.41, 5.74) is 4.16. The Bertz CT molecular complexity index is 1310. The van der Waals surface area contributed by atoms with Gasteiger partial charge >= 0.3 is 6.18 Å². The summed E-state index contributed by atoms with van der Waals surface area (Å²) in [7, 11) is -1.24. The van der Waals surface area contributed by atoms with Crippen molar-refractivity contribution in [2.45, 2.75) is 51.6 Å². The Morgan fingerprint density at radius 3 is 2.22 bits per heavy atom. The van der Waals surface area contributed by atoms with Crippen molar-refractivity contribution in [1.29, 1.82) is 0 Å². The number of alkyl halides is 3. The number of aliphatic hydroxyl groups excluding tert-OH is 1. The van der Waals surface area contributed by atoms with Crippen LogP contribution in [-0.4, -0.2) is 34.3 Å². The van der Waals surface area contributed by atoms with Crippen LogP contribution in [0.5, 0.6) is 0 Å². The molecule has 0 aliphatic carbocycles. The van der Waals surface area contributed by atoms with Gasteiger partial charge in [0.1, 0.15) is 18.7 Å². The number of ether oxygens (including phenoxy) is 1. The summed E-state index contributed by atoms with van der Waals surface area (Å²) >= 11 is 0. The van der Waals surface area contributed by atoms with Crippen LogP contribution in [0.3, 0.4) is 0 Å². The van der Waals surface area contributed by atoms with E-state index in [9.17, 15) is 18.3 Å². The van der Waals surface area contributed by atoms with Gasteiger partial charge in [0.15, 0.2) is 0 Å². The second kappa shape index (κ2) is 10.5. The molecule has 0 atom stereocenters. The number of hydrogen-bond acceptors (Lipinski definition) is 4. The number of hydrogen-bond donors (Lipinski definition) is 1. The fourth-order valence-electron chi connectivity index (χ4n) is 3.94. The van der Waals surface area contributed by atoms with E-state index < -0.39 is 19.8 Å². The van der Waals surface area contributed by atoms with Crippen LogP contribution in [0.15, 0.2) is 60.9 Å². The average molecular weight is 514 g/mol. The fraction of sp³-hybridized carbons (Fsp3) is 0.333. The minimum Gasteiger partial charge on any atom is -0.392 e. The van der Waals surface area contributed by atoms with Crippen LogP contribution in [0.1, 0.15) is 22.4 Å².